The number of likely N-dealkylation sites (tertiary alicyclic amines) is 1. The van der Waals surface area contributed by atoms with Crippen molar-refractivity contribution in [3.63, 3.8) is 0 Å². The number of likely N-dealkylation sites (N-methyl/N-ethyl adjacent to an activating group) is 1. The Bertz CT molecular complexity index is 807. The van der Waals surface area contributed by atoms with E-state index in [1.54, 1.807) is 6.92 Å². The van der Waals surface area contributed by atoms with E-state index in [0.717, 1.165) is 84.5 Å². The summed E-state index contributed by atoms with van der Waals surface area (Å²) in [6.45, 7) is 22.8. The van der Waals surface area contributed by atoms with Gasteiger partial charge in [0.25, 0.3) is 0 Å². The molecular weight excluding hydrogens is 556 g/mol. The lowest BCUT2D eigenvalue weighted by molar-refractivity contribution is -0.129. The fourth-order valence-electron chi connectivity index (χ4n) is 4.57. The number of nitrogens with one attached hydrogen (secondary N) is 2. The normalized spacial score (nSPS) is 18.7. The van der Waals surface area contributed by atoms with E-state index in [0.29, 0.717) is 6.54 Å². The van der Waals surface area contributed by atoms with Crippen molar-refractivity contribution in [2.45, 2.75) is 86.0 Å². The van der Waals surface area contributed by atoms with E-state index in [9.17, 15) is 4.79 Å². The third-order valence-electron chi connectivity index (χ3n) is 7.21. The summed E-state index contributed by atoms with van der Waals surface area (Å²) in [5.41, 5.74) is 12.6. The number of nitrogens with zero attached hydrogens (tertiary/aromatic N) is 6. The van der Waals surface area contributed by atoms with Crippen LogP contribution in [0.15, 0.2) is 20.0 Å². The third kappa shape index (κ3) is 25.9. The van der Waals surface area contributed by atoms with Crippen molar-refractivity contribution in [2.24, 2.45) is 31.4 Å². The van der Waals surface area contributed by atoms with Crippen LogP contribution < -0.4 is 22.1 Å². The lowest BCUT2D eigenvalue weighted by atomic mass is 10.1. The molecule has 2 fully saturated rings. The first-order valence-electron chi connectivity index (χ1n) is 16.8. The molecule has 1 amide bonds. The molecule has 5 aliphatic heterocycles. The third-order valence-corrected chi connectivity index (χ3v) is 7.21. The van der Waals surface area contributed by atoms with Crippen LogP contribution in [0, 0.1) is 0 Å². The van der Waals surface area contributed by atoms with E-state index < -0.39 is 0 Å². The highest BCUT2D eigenvalue weighted by atomic mass is 16.5. The number of piperidine rings is 1. The molecule has 2 saturated heterocycles. The number of rotatable bonds is 5. The molecule has 0 aromatic heterocycles. The number of carbonyl (C=O) groups is 1. The zero-order valence-electron chi connectivity index (χ0n) is 29.0. The highest BCUT2D eigenvalue weighted by Gasteiger charge is 2.11. The maximum atomic E-state index is 10.7. The predicted octanol–water partition coefficient (Wildman–Crippen LogP) is 2.72. The van der Waals surface area contributed by atoms with Gasteiger partial charge in [0.2, 0.25) is 5.91 Å². The molecule has 0 spiro atoms. The monoisotopic (exact) mass is 623 g/mol. The van der Waals surface area contributed by atoms with Crippen molar-refractivity contribution in [3.05, 3.63) is 0 Å². The molecule has 12 heteroatoms. The van der Waals surface area contributed by atoms with Gasteiger partial charge in [-0.1, -0.05) is 6.92 Å². The van der Waals surface area contributed by atoms with Gasteiger partial charge in [-0.3, -0.25) is 29.7 Å². The predicted molar refractivity (Wildman–Crippen MR) is 189 cm³/mol. The van der Waals surface area contributed by atoms with Gasteiger partial charge < -0.3 is 31.7 Å². The quantitative estimate of drug-likeness (QED) is 0.271. The number of ether oxygens (including phenoxy) is 1. The zero-order chi connectivity index (χ0) is 32.8. The summed E-state index contributed by atoms with van der Waals surface area (Å²) in [5, 5.41) is 6.20. The van der Waals surface area contributed by atoms with Gasteiger partial charge >= 0.3 is 0 Å². The van der Waals surface area contributed by atoms with E-state index in [-0.39, 0.29) is 11.9 Å². The van der Waals surface area contributed by atoms with Crippen molar-refractivity contribution in [1.82, 2.24) is 20.4 Å². The van der Waals surface area contributed by atoms with Crippen LogP contribution in [0.1, 0.15) is 86.0 Å². The van der Waals surface area contributed by atoms with Gasteiger partial charge in [0, 0.05) is 83.8 Å². The van der Waals surface area contributed by atoms with Gasteiger partial charge in [-0.05, 0) is 79.2 Å². The Balaban J connectivity index is 0.000000511. The van der Waals surface area contributed by atoms with Crippen LogP contribution in [0.2, 0.25) is 0 Å². The van der Waals surface area contributed by atoms with Crippen molar-refractivity contribution >= 4 is 29.1 Å². The van der Waals surface area contributed by atoms with Crippen LogP contribution in [0.25, 0.3) is 0 Å². The number of aliphatic imine (C=N–C) groups is 4. The molecule has 256 valence electrons. The minimum absolute atomic E-state index is 0.164. The highest BCUT2D eigenvalue weighted by Crippen LogP contribution is 2.08. The van der Waals surface area contributed by atoms with Gasteiger partial charge in [0.1, 0.15) is 0 Å². The first kappa shape index (κ1) is 41.4. The topological polar surface area (TPSA) is 158 Å². The van der Waals surface area contributed by atoms with E-state index in [1.807, 2.05) is 25.8 Å². The summed E-state index contributed by atoms with van der Waals surface area (Å²) in [6, 6.07) is 0. The Morgan fingerprint density at radius 3 is 1.89 bits per heavy atom. The van der Waals surface area contributed by atoms with Crippen LogP contribution in [0.4, 0.5) is 0 Å². The first-order valence-corrected chi connectivity index (χ1v) is 16.8. The van der Waals surface area contributed by atoms with Crippen molar-refractivity contribution in [1.29, 1.82) is 0 Å². The summed E-state index contributed by atoms with van der Waals surface area (Å²) < 4.78 is 5.22. The Morgan fingerprint density at radius 2 is 1.59 bits per heavy atom. The van der Waals surface area contributed by atoms with Crippen LogP contribution in [0.5, 0.6) is 0 Å². The lowest BCUT2D eigenvalue weighted by Crippen LogP contribution is -2.39. The van der Waals surface area contributed by atoms with E-state index in [1.165, 1.54) is 62.8 Å². The molecule has 5 rings (SSSR count). The van der Waals surface area contributed by atoms with Gasteiger partial charge in [0.15, 0.2) is 5.96 Å². The molecule has 0 radical (unpaired) electrons. The number of carbonyl (C=O) groups excluding carboxylic acids is 1. The Morgan fingerprint density at radius 1 is 0.932 bits per heavy atom. The van der Waals surface area contributed by atoms with Crippen LogP contribution >= 0.6 is 0 Å². The second-order valence-electron chi connectivity index (χ2n) is 11.0. The summed E-state index contributed by atoms with van der Waals surface area (Å²) >= 11 is 0. The molecule has 0 saturated carbocycles. The molecule has 0 aliphatic carbocycles. The molecule has 0 aromatic carbocycles. The fourth-order valence-corrected chi connectivity index (χ4v) is 4.57. The summed E-state index contributed by atoms with van der Waals surface area (Å²) in [4.78, 5) is 31.1. The Hall–Kier alpha value is -2.57. The SMILES string of the molecule is CC(=O)N1CCCCC1.CC1=NCCC1.CC1=NCCN1.CCC1=NCCC1.CCN=C(N)N.CNCCN1CCOCC1. The van der Waals surface area contributed by atoms with E-state index in [4.69, 9.17) is 16.2 Å². The molecule has 0 bridgehead atoms. The largest absolute Gasteiger partial charge is 0.379 e. The van der Waals surface area contributed by atoms with Gasteiger partial charge in [0.05, 0.1) is 25.6 Å². The van der Waals surface area contributed by atoms with Crippen molar-refractivity contribution in [2.75, 3.05) is 92.3 Å². The molecule has 44 heavy (non-hydrogen) atoms. The summed E-state index contributed by atoms with van der Waals surface area (Å²) in [7, 11) is 1.99. The number of amidine groups is 1. The van der Waals surface area contributed by atoms with Gasteiger partial charge in [-0.15, -0.1) is 0 Å². The number of nitrogens with two attached hydrogens (primary N) is 2. The molecule has 0 unspecified atom stereocenters. The standard InChI is InChI=1S/C7H16N2O.C7H13NO.C6H11N.C5H9N.C4H8N2.C3H9N3/c1-8-2-3-9-4-6-10-7-5-9;1-7(9)8-5-3-2-4-6-8;1-2-6-4-3-5-7-6;1-5-3-2-4-6-5;1-4-5-2-3-6-4;1-2-6-3(4)5/h8H,2-7H2,1H3;2-6H2,1H3;2-5H2,1H3;2-4H2,1H3;2-3H2,1H3,(H,5,6);2H2,1H3,(H4,4,5,6). The number of guanidine groups is 1. The summed E-state index contributed by atoms with van der Waals surface area (Å²) in [5.74, 6) is 1.47. The van der Waals surface area contributed by atoms with E-state index in [2.05, 4.69) is 49.4 Å². The Labute approximate surface area is 268 Å². The van der Waals surface area contributed by atoms with Crippen molar-refractivity contribution in [3.8, 4) is 0 Å². The molecule has 0 aromatic rings. The maximum Gasteiger partial charge on any atom is 0.219 e. The smallest absolute Gasteiger partial charge is 0.219 e. The molecule has 0 atom stereocenters. The molecule has 12 nitrogen and oxygen atoms in total. The van der Waals surface area contributed by atoms with Crippen molar-refractivity contribution < 1.29 is 9.53 Å². The number of amides is 1. The molecule has 6 N–H and O–H groups in total. The fraction of sp³-hybridized carbons (Fsp3) is 0.844. The van der Waals surface area contributed by atoms with E-state index >= 15 is 0 Å². The second kappa shape index (κ2) is 29.2. The number of morpholine rings is 1. The van der Waals surface area contributed by atoms with Crippen LogP contribution in [-0.4, -0.2) is 131 Å². The molecular formula is C32H66N10O2. The van der Waals surface area contributed by atoms with Crippen LogP contribution in [0.3, 0.4) is 0 Å². The first-order chi connectivity index (χ1) is 21.2. The minimum atomic E-state index is 0.164. The zero-order valence-corrected chi connectivity index (χ0v) is 29.0. The average molecular weight is 623 g/mol. The van der Waals surface area contributed by atoms with Gasteiger partial charge in [-0.2, -0.15) is 0 Å². The maximum absolute atomic E-state index is 10.7. The van der Waals surface area contributed by atoms with Gasteiger partial charge in [-0.25, -0.2) is 0 Å². The highest BCUT2D eigenvalue weighted by molar-refractivity contribution is 5.85. The molecule has 5 aliphatic rings. The Kier molecular flexibility index (Phi) is 27.5. The lowest BCUT2D eigenvalue weighted by Gasteiger charge is -2.26. The minimum Gasteiger partial charge on any atom is -0.379 e. The molecule has 5 heterocycles. The van der Waals surface area contributed by atoms with Crippen LogP contribution in [-0.2, 0) is 9.53 Å². The number of hydrogen-bond acceptors (Lipinski definition) is 9. The number of hydrogen-bond donors (Lipinski definition) is 4. The average Bonchev–Trinajstić information content (AvgIpc) is 3.84. The summed E-state index contributed by atoms with van der Waals surface area (Å²) in [6.07, 6.45) is 9.93. The second-order valence-corrected chi connectivity index (χ2v) is 11.0.